The molecular weight excluding hydrogens is 338 g/mol. The van der Waals surface area contributed by atoms with Gasteiger partial charge in [-0.2, -0.15) is 0 Å². The highest BCUT2D eigenvalue weighted by Gasteiger charge is 2.23. The van der Waals surface area contributed by atoms with E-state index >= 15 is 0 Å². The van der Waals surface area contributed by atoms with Crippen molar-refractivity contribution >= 4 is 23.4 Å². The molecule has 0 radical (unpaired) electrons. The molecule has 132 valence electrons. The molecular formula is C23H23NOS. The fourth-order valence-corrected chi connectivity index (χ4v) is 3.69. The number of aryl methyl sites for hydroxylation is 1. The van der Waals surface area contributed by atoms with Crippen LogP contribution in [0.4, 0.5) is 5.69 Å². The van der Waals surface area contributed by atoms with Gasteiger partial charge < -0.3 is 4.90 Å². The summed E-state index contributed by atoms with van der Waals surface area (Å²) in [6.45, 7) is 4.62. The molecule has 0 bridgehead atoms. The number of nitrogens with zero attached hydrogens (tertiary/aromatic N) is 1. The summed E-state index contributed by atoms with van der Waals surface area (Å²) in [5.41, 5.74) is 3.28. The van der Waals surface area contributed by atoms with Gasteiger partial charge in [0.25, 0.3) is 0 Å². The van der Waals surface area contributed by atoms with E-state index in [0.29, 0.717) is 6.54 Å². The van der Waals surface area contributed by atoms with E-state index in [9.17, 15) is 4.79 Å². The molecule has 3 aromatic carbocycles. The van der Waals surface area contributed by atoms with Crippen LogP contribution in [0.1, 0.15) is 18.1 Å². The van der Waals surface area contributed by atoms with Crippen molar-refractivity contribution in [2.45, 2.75) is 30.5 Å². The first-order chi connectivity index (χ1) is 12.6. The van der Waals surface area contributed by atoms with Gasteiger partial charge in [-0.05, 0) is 43.7 Å². The highest BCUT2D eigenvalue weighted by atomic mass is 32.2. The van der Waals surface area contributed by atoms with Gasteiger partial charge in [0, 0.05) is 10.6 Å². The Bertz CT molecular complexity index is 831. The predicted molar refractivity (Wildman–Crippen MR) is 111 cm³/mol. The topological polar surface area (TPSA) is 20.3 Å². The third-order valence-electron chi connectivity index (χ3n) is 4.20. The smallest absolute Gasteiger partial charge is 0.240 e. The molecule has 1 amide bonds. The van der Waals surface area contributed by atoms with Crippen LogP contribution in [0.25, 0.3) is 0 Å². The van der Waals surface area contributed by atoms with Gasteiger partial charge in [0.15, 0.2) is 0 Å². The number of benzene rings is 3. The summed E-state index contributed by atoms with van der Waals surface area (Å²) < 4.78 is 0. The van der Waals surface area contributed by atoms with Crippen LogP contribution in [0.3, 0.4) is 0 Å². The molecule has 0 saturated heterocycles. The Hall–Kier alpha value is -2.52. The monoisotopic (exact) mass is 361 g/mol. The maximum Gasteiger partial charge on any atom is 0.240 e. The van der Waals surface area contributed by atoms with Crippen LogP contribution in [0.5, 0.6) is 0 Å². The Balaban J connectivity index is 1.80. The summed E-state index contributed by atoms with van der Waals surface area (Å²) >= 11 is 1.60. The summed E-state index contributed by atoms with van der Waals surface area (Å²) in [6, 6.07) is 28.3. The highest BCUT2D eigenvalue weighted by Crippen LogP contribution is 2.27. The number of para-hydroxylation sites is 1. The first kappa shape index (κ1) is 18.3. The van der Waals surface area contributed by atoms with Crippen molar-refractivity contribution in [3.63, 3.8) is 0 Å². The van der Waals surface area contributed by atoms with Crippen LogP contribution >= 0.6 is 11.8 Å². The van der Waals surface area contributed by atoms with E-state index in [1.165, 1.54) is 5.56 Å². The van der Waals surface area contributed by atoms with E-state index < -0.39 is 0 Å². The zero-order valence-electron chi connectivity index (χ0n) is 15.1. The maximum absolute atomic E-state index is 13.2. The molecule has 0 aliphatic rings. The summed E-state index contributed by atoms with van der Waals surface area (Å²) in [5.74, 6) is 0.116. The van der Waals surface area contributed by atoms with Gasteiger partial charge in [-0.25, -0.2) is 0 Å². The molecule has 3 aromatic rings. The second-order valence-corrected chi connectivity index (χ2v) is 7.73. The normalized spacial score (nSPS) is 11.8. The molecule has 2 nitrogen and oxygen atoms in total. The van der Waals surface area contributed by atoms with Gasteiger partial charge in [-0.1, -0.05) is 66.2 Å². The Morgan fingerprint density at radius 2 is 1.46 bits per heavy atom. The van der Waals surface area contributed by atoms with E-state index in [2.05, 4.69) is 43.3 Å². The van der Waals surface area contributed by atoms with Crippen LogP contribution < -0.4 is 4.90 Å². The van der Waals surface area contributed by atoms with Crippen LogP contribution in [0, 0.1) is 6.92 Å². The van der Waals surface area contributed by atoms with Gasteiger partial charge in [-0.15, -0.1) is 11.8 Å². The number of rotatable bonds is 6. The molecule has 3 heteroatoms. The second-order valence-electron chi connectivity index (χ2n) is 6.32. The maximum atomic E-state index is 13.2. The summed E-state index contributed by atoms with van der Waals surface area (Å²) in [6.07, 6.45) is 0. The molecule has 0 fully saturated rings. The zero-order valence-corrected chi connectivity index (χ0v) is 15.9. The average Bonchev–Trinajstić information content (AvgIpc) is 2.69. The van der Waals surface area contributed by atoms with Gasteiger partial charge in [0.2, 0.25) is 5.91 Å². The second kappa shape index (κ2) is 8.72. The first-order valence-electron chi connectivity index (χ1n) is 8.77. The summed E-state index contributed by atoms with van der Waals surface area (Å²) in [4.78, 5) is 16.2. The minimum atomic E-state index is -0.165. The van der Waals surface area contributed by atoms with Crippen LogP contribution in [-0.4, -0.2) is 11.2 Å². The summed E-state index contributed by atoms with van der Waals surface area (Å²) in [5, 5.41) is -0.165. The van der Waals surface area contributed by atoms with Crippen molar-refractivity contribution in [2.24, 2.45) is 0 Å². The molecule has 0 saturated carbocycles. The molecule has 1 atom stereocenters. The lowest BCUT2D eigenvalue weighted by atomic mass is 10.2. The number of thioether (sulfide) groups is 1. The minimum Gasteiger partial charge on any atom is -0.307 e. The molecule has 0 spiro atoms. The van der Waals surface area contributed by atoms with Gasteiger partial charge >= 0.3 is 0 Å². The van der Waals surface area contributed by atoms with Crippen LogP contribution in [-0.2, 0) is 11.3 Å². The zero-order chi connectivity index (χ0) is 18.4. The van der Waals surface area contributed by atoms with Gasteiger partial charge in [0.1, 0.15) is 0 Å². The summed E-state index contributed by atoms with van der Waals surface area (Å²) in [7, 11) is 0. The minimum absolute atomic E-state index is 0.116. The number of hydrogen-bond donors (Lipinski definition) is 0. The fraction of sp³-hybridized carbons (Fsp3) is 0.174. The fourth-order valence-electron chi connectivity index (χ4n) is 2.76. The largest absolute Gasteiger partial charge is 0.307 e. The first-order valence-corrected chi connectivity index (χ1v) is 9.65. The van der Waals surface area contributed by atoms with Crippen LogP contribution in [0.15, 0.2) is 89.8 Å². The van der Waals surface area contributed by atoms with E-state index in [-0.39, 0.29) is 11.2 Å². The van der Waals surface area contributed by atoms with Crippen molar-refractivity contribution < 1.29 is 4.79 Å². The lowest BCUT2D eigenvalue weighted by Gasteiger charge is -2.26. The molecule has 3 rings (SSSR count). The third kappa shape index (κ3) is 4.77. The number of carbonyl (C=O) groups is 1. The van der Waals surface area contributed by atoms with Crippen molar-refractivity contribution in [2.75, 3.05) is 4.90 Å². The van der Waals surface area contributed by atoms with Gasteiger partial charge in [0.05, 0.1) is 11.8 Å². The lowest BCUT2D eigenvalue weighted by molar-refractivity contribution is -0.118. The molecule has 0 N–H and O–H groups in total. The SMILES string of the molecule is Cc1ccc(S[C@@H](C)C(=O)N(Cc2ccccc2)c2ccccc2)cc1. The van der Waals surface area contributed by atoms with Crippen molar-refractivity contribution in [3.8, 4) is 0 Å². The number of amides is 1. The average molecular weight is 362 g/mol. The Kier molecular flexibility index (Phi) is 6.13. The van der Waals surface area contributed by atoms with Gasteiger partial charge in [-0.3, -0.25) is 4.79 Å². The molecule has 26 heavy (non-hydrogen) atoms. The predicted octanol–water partition coefficient (Wildman–Crippen LogP) is 5.71. The van der Waals surface area contributed by atoms with E-state index in [4.69, 9.17) is 0 Å². The van der Waals surface area contributed by atoms with Crippen molar-refractivity contribution in [1.82, 2.24) is 0 Å². The Morgan fingerprint density at radius 3 is 2.08 bits per heavy atom. The molecule has 0 heterocycles. The van der Waals surface area contributed by atoms with E-state index in [1.54, 1.807) is 11.8 Å². The highest BCUT2D eigenvalue weighted by molar-refractivity contribution is 8.00. The standard InChI is InChI=1S/C23H23NOS/c1-18-13-15-22(16-14-18)26-19(2)23(25)24(21-11-7-4-8-12-21)17-20-9-5-3-6-10-20/h3-16,19H,17H2,1-2H3/t19-/m0/s1. The van der Waals surface area contributed by atoms with E-state index in [0.717, 1.165) is 16.1 Å². The third-order valence-corrected chi connectivity index (χ3v) is 5.30. The van der Waals surface area contributed by atoms with Crippen molar-refractivity contribution in [1.29, 1.82) is 0 Å². The lowest BCUT2D eigenvalue weighted by Crippen LogP contribution is -2.36. The van der Waals surface area contributed by atoms with Crippen LogP contribution in [0.2, 0.25) is 0 Å². The number of carbonyl (C=O) groups excluding carboxylic acids is 1. The Morgan fingerprint density at radius 1 is 0.885 bits per heavy atom. The molecule has 0 aliphatic carbocycles. The molecule has 0 unspecified atom stereocenters. The molecule has 0 aromatic heterocycles. The Labute approximate surface area is 159 Å². The number of hydrogen-bond acceptors (Lipinski definition) is 2. The number of anilines is 1. The quantitative estimate of drug-likeness (QED) is 0.524. The van der Waals surface area contributed by atoms with Crippen molar-refractivity contribution in [3.05, 3.63) is 96.1 Å². The molecule has 0 aliphatic heterocycles. The van der Waals surface area contributed by atoms with E-state index in [1.807, 2.05) is 60.4 Å².